The molecule has 2 heterocycles. The number of carbonyl (C=O) groups is 1. The van der Waals surface area contributed by atoms with Crippen molar-refractivity contribution in [3.63, 3.8) is 0 Å². The largest absolute Gasteiger partial charge is 0.295 e. The van der Waals surface area contributed by atoms with E-state index in [9.17, 15) is 9.59 Å². The first kappa shape index (κ1) is 18.6. The van der Waals surface area contributed by atoms with Crippen molar-refractivity contribution in [3.05, 3.63) is 57.5 Å². The van der Waals surface area contributed by atoms with Crippen LogP contribution in [-0.4, -0.2) is 31.6 Å². The number of rotatable bonds is 6. The van der Waals surface area contributed by atoms with Crippen LogP contribution in [0.2, 0.25) is 5.02 Å². The molecule has 0 bridgehead atoms. The number of hydrogen-bond acceptors (Lipinski definition) is 7. The second kappa shape index (κ2) is 8.43. The van der Waals surface area contributed by atoms with Gasteiger partial charge in [-0.2, -0.15) is 5.10 Å². The van der Waals surface area contributed by atoms with E-state index in [0.29, 0.717) is 15.8 Å². The summed E-state index contributed by atoms with van der Waals surface area (Å²) in [7, 11) is 0. The Hall–Kier alpha value is -2.23. The maximum Gasteiger partial charge on any atom is 0.282 e. The fourth-order valence-electron chi connectivity index (χ4n) is 1.97. The number of nitrogens with zero attached hydrogens (tertiary/aromatic N) is 4. The third kappa shape index (κ3) is 4.48. The molecule has 1 aromatic carbocycles. The summed E-state index contributed by atoms with van der Waals surface area (Å²) in [6.07, 6.45) is 2.51. The van der Waals surface area contributed by atoms with Crippen LogP contribution in [0.1, 0.15) is 23.8 Å². The van der Waals surface area contributed by atoms with Gasteiger partial charge >= 0.3 is 0 Å². The first-order valence-electron chi connectivity index (χ1n) is 7.70. The summed E-state index contributed by atoms with van der Waals surface area (Å²) in [5.74, 6) is 0.302. The molecular weight excluding hydrogens is 394 g/mol. The van der Waals surface area contributed by atoms with E-state index in [1.807, 2.05) is 0 Å². The van der Waals surface area contributed by atoms with E-state index in [-0.39, 0.29) is 5.69 Å². The van der Waals surface area contributed by atoms with Gasteiger partial charge in [0.15, 0.2) is 10.0 Å². The Labute approximate surface area is 162 Å². The summed E-state index contributed by atoms with van der Waals surface area (Å²) in [4.78, 5) is 24.5. The van der Waals surface area contributed by atoms with Gasteiger partial charge in [-0.05, 0) is 30.7 Å². The Morgan fingerprint density at radius 2 is 2.04 bits per heavy atom. The molecule has 0 spiro atoms. The van der Waals surface area contributed by atoms with E-state index >= 15 is 0 Å². The second-order valence-electron chi connectivity index (χ2n) is 5.13. The van der Waals surface area contributed by atoms with Gasteiger partial charge in [0.2, 0.25) is 10.6 Å². The molecule has 0 radical (unpaired) electrons. The zero-order valence-corrected chi connectivity index (χ0v) is 16.1. The molecule has 1 N–H and O–H groups in total. The minimum atomic E-state index is -0.624. The summed E-state index contributed by atoms with van der Waals surface area (Å²) in [5, 5.41) is 15.5. The monoisotopic (exact) mass is 407 g/mol. The van der Waals surface area contributed by atoms with Crippen molar-refractivity contribution in [2.24, 2.45) is 0 Å². The SMILES string of the molecule is CCCSc1nnc(NC(=O)c2nn(-c3ccc(Cl)cc3)ccc2=O)s1. The van der Waals surface area contributed by atoms with Gasteiger partial charge in [-0.25, -0.2) is 4.68 Å². The molecule has 2 aromatic heterocycles. The Bertz CT molecular complexity index is 971. The number of benzene rings is 1. The van der Waals surface area contributed by atoms with E-state index in [1.54, 1.807) is 36.0 Å². The van der Waals surface area contributed by atoms with Gasteiger partial charge in [0.05, 0.1) is 5.69 Å². The molecule has 0 saturated carbocycles. The number of thioether (sulfide) groups is 1. The lowest BCUT2D eigenvalue weighted by molar-refractivity contribution is 0.101. The Morgan fingerprint density at radius 1 is 1.27 bits per heavy atom. The van der Waals surface area contributed by atoms with Crippen molar-refractivity contribution in [1.82, 2.24) is 20.0 Å². The Kier molecular flexibility index (Phi) is 6.02. The molecule has 3 aromatic rings. The number of halogens is 1. The van der Waals surface area contributed by atoms with Crippen molar-refractivity contribution in [2.75, 3.05) is 11.1 Å². The summed E-state index contributed by atoms with van der Waals surface area (Å²) >= 11 is 8.70. The van der Waals surface area contributed by atoms with Crippen LogP contribution in [0.4, 0.5) is 5.13 Å². The maximum atomic E-state index is 12.4. The molecule has 10 heteroatoms. The minimum Gasteiger partial charge on any atom is -0.295 e. The quantitative estimate of drug-likeness (QED) is 0.497. The standard InChI is InChI=1S/C16H14ClN5O2S2/c1-2-9-25-16-20-19-15(26-16)18-14(24)13-12(23)7-8-22(21-13)11-5-3-10(17)4-6-11/h3-8H,2,9H2,1H3,(H,18,19,24). The zero-order chi connectivity index (χ0) is 18.5. The van der Waals surface area contributed by atoms with Gasteiger partial charge in [-0.15, -0.1) is 10.2 Å². The van der Waals surface area contributed by atoms with Crippen LogP contribution in [0.5, 0.6) is 0 Å². The van der Waals surface area contributed by atoms with Crippen LogP contribution >= 0.6 is 34.7 Å². The lowest BCUT2D eigenvalue weighted by Crippen LogP contribution is -2.25. The van der Waals surface area contributed by atoms with Crippen LogP contribution in [0.15, 0.2) is 45.7 Å². The first-order chi connectivity index (χ1) is 12.6. The number of hydrogen-bond donors (Lipinski definition) is 1. The average molecular weight is 408 g/mol. The highest BCUT2D eigenvalue weighted by atomic mass is 35.5. The van der Waals surface area contributed by atoms with Gasteiger partial charge in [0.1, 0.15) is 0 Å². The van der Waals surface area contributed by atoms with Crippen molar-refractivity contribution in [3.8, 4) is 5.69 Å². The first-order valence-corrected chi connectivity index (χ1v) is 9.88. The summed E-state index contributed by atoms with van der Waals surface area (Å²) in [6.45, 7) is 2.07. The molecule has 0 aliphatic rings. The van der Waals surface area contributed by atoms with Gasteiger partial charge in [-0.1, -0.05) is 41.6 Å². The molecule has 0 aliphatic carbocycles. The smallest absolute Gasteiger partial charge is 0.282 e. The molecule has 0 unspecified atom stereocenters. The van der Waals surface area contributed by atoms with Crippen molar-refractivity contribution in [1.29, 1.82) is 0 Å². The van der Waals surface area contributed by atoms with Gasteiger partial charge < -0.3 is 0 Å². The predicted molar refractivity (Wildman–Crippen MR) is 104 cm³/mol. The predicted octanol–water partition coefficient (Wildman–Crippen LogP) is 3.49. The fourth-order valence-corrected chi connectivity index (χ4v) is 3.77. The highest BCUT2D eigenvalue weighted by Crippen LogP contribution is 2.25. The lowest BCUT2D eigenvalue weighted by Gasteiger charge is -2.07. The van der Waals surface area contributed by atoms with Crippen molar-refractivity contribution < 1.29 is 4.79 Å². The number of aromatic nitrogens is 4. The van der Waals surface area contributed by atoms with E-state index in [2.05, 4.69) is 27.5 Å². The zero-order valence-electron chi connectivity index (χ0n) is 13.7. The number of amides is 1. The molecule has 7 nitrogen and oxygen atoms in total. The van der Waals surface area contributed by atoms with Crippen molar-refractivity contribution in [2.45, 2.75) is 17.7 Å². The maximum absolute atomic E-state index is 12.4. The van der Waals surface area contributed by atoms with E-state index in [0.717, 1.165) is 16.5 Å². The summed E-state index contributed by atoms with van der Waals surface area (Å²) in [6, 6.07) is 8.17. The molecule has 26 heavy (non-hydrogen) atoms. The van der Waals surface area contributed by atoms with Gasteiger partial charge in [0, 0.05) is 23.0 Å². The second-order valence-corrected chi connectivity index (χ2v) is 7.88. The van der Waals surface area contributed by atoms with Crippen LogP contribution in [0.25, 0.3) is 5.69 Å². The summed E-state index contributed by atoms with van der Waals surface area (Å²) in [5.41, 5.74) is -0.0177. The molecule has 3 rings (SSSR count). The van der Waals surface area contributed by atoms with Gasteiger partial charge in [-0.3, -0.25) is 14.9 Å². The average Bonchev–Trinajstić information content (AvgIpc) is 3.08. The van der Waals surface area contributed by atoms with E-state index < -0.39 is 11.3 Å². The number of anilines is 1. The minimum absolute atomic E-state index is 0.222. The number of carbonyl (C=O) groups excluding carboxylic acids is 1. The number of nitrogens with one attached hydrogen (secondary N) is 1. The Morgan fingerprint density at radius 3 is 2.77 bits per heavy atom. The van der Waals surface area contributed by atoms with Crippen LogP contribution in [0, 0.1) is 0 Å². The molecule has 0 fully saturated rings. The molecule has 0 atom stereocenters. The third-order valence-electron chi connectivity index (χ3n) is 3.17. The molecule has 0 aliphatic heterocycles. The molecule has 1 amide bonds. The summed E-state index contributed by atoms with van der Waals surface area (Å²) < 4.78 is 2.21. The van der Waals surface area contributed by atoms with Gasteiger partial charge in [0.25, 0.3) is 5.91 Å². The van der Waals surface area contributed by atoms with Crippen LogP contribution in [0.3, 0.4) is 0 Å². The lowest BCUT2D eigenvalue weighted by atomic mass is 10.3. The molecule has 134 valence electrons. The van der Waals surface area contributed by atoms with Crippen LogP contribution < -0.4 is 10.7 Å². The Balaban J connectivity index is 1.80. The highest BCUT2D eigenvalue weighted by molar-refractivity contribution is 8.01. The third-order valence-corrected chi connectivity index (χ3v) is 5.60. The van der Waals surface area contributed by atoms with Crippen molar-refractivity contribution >= 4 is 45.7 Å². The molecule has 0 saturated heterocycles. The van der Waals surface area contributed by atoms with Crippen LogP contribution in [-0.2, 0) is 0 Å². The fraction of sp³-hybridized carbons (Fsp3) is 0.188. The molecular formula is C16H14ClN5O2S2. The highest BCUT2D eigenvalue weighted by Gasteiger charge is 2.16. The van der Waals surface area contributed by atoms with E-state index in [4.69, 9.17) is 11.6 Å². The normalized spacial score (nSPS) is 10.7. The van der Waals surface area contributed by atoms with E-state index in [1.165, 1.54) is 28.3 Å². The topological polar surface area (TPSA) is 89.8 Å².